The third-order valence-electron chi connectivity index (χ3n) is 1.77. The molecule has 0 spiro atoms. The summed E-state index contributed by atoms with van der Waals surface area (Å²) < 4.78 is 6.66. The molecule has 5 heteroatoms. The van der Waals surface area contributed by atoms with Crippen molar-refractivity contribution < 1.29 is 9.53 Å². The fraction of sp³-hybridized carbons (Fsp3) is 0.300. The Morgan fingerprint density at radius 2 is 2.20 bits per heavy atom. The van der Waals surface area contributed by atoms with E-state index in [2.05, 4.69) is 0 Å². The van der Waals surface area contributed by atoms with E-state index in [1.807, 2.05) is 24.3 Å². The zero-order valence-electron chi connectivity index (χ0n) is 8.57. The summed E-state index contributed by atoms with van der Waals surface area (Å²) in [5.74, 6) is 0.600. The van der Waals surface area contributed by atoms with E-state index in [-0.39, 0.29) is 11.8 Å². The second-order valence-corrected chi connectivity index (χ2v) is 4.20. The second-order valence-electron chi connectivity index (χ2n) is 2.77. The monoisotopic (exact) mass is 245 g/mol. The predicted octanol–water partition coefficient (Wildman–Crippen LogP) is 2.40. The highest BCUT2D eigenvalue weighted by molar-refractivity contribution is 7.97. The molecule has 0 aliphatic heterocycles. The SMILES string of the molecule is COc1ccccc1SN(C)C(=O)CCl. The highest BCUT2D eigenvalue weighted by Gasteiger charge is 2.11. The van der Waals surface area contributed by atoms with Gasteiger partial charge in [0, 0.05) is 7.05 Å². The third-order valence-corrected chi connectivity index (χ3v) is 3.01. The van der Waals surface area contributed by atoms with Crippen LogP contribution >= 0.6 is 23.5 Å². The lowest BCUT2D eigenvalue weighted by Gasteiger charge is -2.15. The van der Waals surface area contributed by atoms with Gasteiger partial charge in [-0.25, -0.2) is 0 Å². The Kier molecular flexibility index (Phi) is 4.78. The van der Waals surface area contributed by atoms with E-state index in [9.17, 15) is 4.79 Å². The number of para-hydroxylation sites is 1. The van der Waals surface area contributed by atoms with E-state index in [4.69, 9.17) is 16.3 Å². The topological polar surface area (TPSA) is 29.5 Å². The molecular weight excluding hydrogens is 234 g/mol. The minimum Gasteiger partial charge on any atom is -0.496 e. The summed E-state index contributed by atoms with van der Waals surface area (Å²) in [7, 11) is 3.28. The molecule has 3 nitrogen and oxygen atoms in total. The quantitative estimate of drug-likeness (QED) is 0.603. The van der Waals surface area contributed by atoms with E-state index in [0.717, 1.165) is 10.6 Å². The Labute approximate surface area is 98.5 Å². The third kappa shape index (κ3) is 3.32. The number of benzene rings is 1. The number of hydrogen-bond acceptors (Lipinski definition) is 3. The van der Waals surface area contributed by atoms with Gasteiger partial charge in [-0.2, -0.15) is 0 Å². The number of nitrogens with zero attached hydrogens (tertiary/aromatic N) is 1. The molecule has 0 heterocycles. The second kappa shape index (κ2) is 5.88. The van der Waals surface area contributed by atoms with Gasteiger partial charge in [0.1, 0.15) is 11.6 Å². The van der Waals surface area contributed by atoms with Gasteiger partial charge >= 0.3 is 0 Å². The van der Waals surface area contributed by atoms with Gasteiger partial charge < -0.3 is 4.74 Å². The van der Waals surface area contributed by atoms with Crippen molar-refractivity contribution >= 4 is 29.5 Å². The van der Waals surface area contributed by atoms with Crippen LogP contribution in [-0.4, -0.2) is 30.2 Å². The summed E-state index contributed by atoms with van der Waals surface area (Å²) in [5.41, 5.74) is 0. The Hall–Kier alpha value is -0.870. The fourth-order valence-corrected chi connectivity index (χ4v) is 2.07. The van der Waals surface area contributed by atoms with Gasteiger partial charge in [-0.15, -0.1) is 11.6 Å². The summed E-state index contributed by atoms with van der Waals surface area (Å²) in [6.45, 7) is 0. The van der Waals surface area contributed by atoms with Crippen molar-refractivity contribution in [1.29, 1.82) is 0 Å². The van der Waals surface area contributed by atoms with Gasteiger partial charge in [0.05, 0.1) is 12.0 Å². The number of methoxy groups -OCH3 is 1. The summed E-state index contributed by atoms with van der Waals surface area (Å²) in [4.78, 5) is 12.1. The molecule has 1 aromatic carbocycles. The summed E-state index contributed by atoms with van der Waals surface area (Å²) in [6.07, 6.45) is 0. The molecule has 15 heavy (non-hydrogen) atoms. The molecule has 0 saturated heterocycles. The van der Waals surface area contributed by atoms with Crippen LogP contribution in [0.5, 0.6) is 5.75 Å². The molecule has 0 aromatic heterocycles. The number of rotatable bonds is 4. The molecule has 0 saturated carbocycles. The number of ether oxygens (including phenoxy) is 1. The molecule has 1 rings (SSSR count). The van der Waals surface area contributed by atoms with E-state index in [1.54, 1.807) is 14.2 Å². The highest BCUT2D eigenvalue weighted by atomic mass is 35.5. The maximum atomic E-state index is 11.2. The van der Waals surface area contributed by atoms with Crippen LogP contribution in [0.3, 0.4) is 0 Å². The molecular formula is C10H12ClNO2S. The van der Waals surface area contributed by atoms with Crippen molar-refractivity contribution in [2.75, 3.05) is 20.0 Å². The predicted molar refractivity (Wildman–Crippen MR) is 62.3 cm³/mol. The maximum absolute atomic E-state index is 11.2. The molecule has 0 unspecified atom stereocenters. The van der Waals surface area contributed by atoms with E-state index in [1.165, 1.54) is 16.3 Å². The van der Waals surface area contributed by atoms with Crippen LogP contribution in [0.25, 0.3) is 0 Å². The average Bonchev–Trinajstić information content (AvgIpc) is 2.28. The number of carbonyl (C=O) groups is 1. The van der Waals surface area contributed by atoms with E-state index < -0.39 is 0 Å². The highest BCUT2D eigenvalue weighted by Crippen LogP contribution is 2.30. The number of amides is 1. The van der Waals surface area contributed by atoms with Crippen LogP contribution in [0, 0.1) is 0 Å². The maximum Gasteiger partial charge on any atom is 0.247 e. The van der Waals surface area contributed by atoms with Crippen molar-refractivity contribution in [1.82, 2.24) is 4.31 Å². The van der Waals surface area contributed by atoms with E-state index >= 15 is 0 Å². The van der Waals surface area contributed by atoms with Crippen LogP contribution in [0.4, 0.5) is 0 Å². The average molecular weight is 246 g/mol. The van der Waals surface area contributed by atoms with E-state index in [0.29, 0.717) is 0 Å². The van der Waals surface area contributed by atoms with Gasteiger partial charge in [0.25, 0.3) is 0 Å². The van der Waals surface area contributed by atoms with Crippen LogP contribution in [0.2, 0.25) is 0 Å². The van der Waals surface area contributed by atoms with Crippen molar-refractivity contribution in [3.63, 3.8) is 0 Å². The first-order chi connectivity index (χ1) is 7.19. The minimum absolute atomic E-state index is 0.0152. The van der Waals surface area contributed by atoms with Crippen molar-refractivity contribution in [3.8, 4) is 5.75 Å². The minimum atomic E-state index is -0.132. The molecule has 0 aliphatic rings. The standard InChI is InChI=1S/C10H12ClNO2S/c1-12(10(13)7-11)15-9-6-4-3-5-8(9)14-2/h3-6H,7H2,1-2H3. The number of halogens is 1. The summed E-state index contributed by atoms with van der Waals surface area (Å²) >= 11 is 6.75. The first-order valence-electron chi connectivity index (χ1n) is 4.32. The van der Waals surface area contributed by atoms with Crippen LogP contribution < -0.4 is 4.74 Å². The Morgan fingerprint density at radius 3 is 2.80 bits per heavy atom. The smallest absolute Gasteiger partial charge is 0.247 e. The molecule has 1 aromatic rings. The Balaban J connectivity index is 2.75. The number of alkyl halides is 1. The lowest BCUT2D eigenvalue weighted by Crippen LogP contribution is -2.20. The zero-order valence-corrected chi connectivity index (χ0v) is 10.1. The molecule has 1 amide bonds. The lowest BCUT2D eigenvalue weighted by molar-refractivity contribution is -0.122. The van der Waals surface area contributed by atoms with Crippen LogP contribution in [0.1, 0.15) is 0 Å². The number of hydrogen-bond donors (Lipinski definition) is 0. The van der Waals surface area contributed by atoms with Gasteiger partial charge in [-0.3, -0.25) is 9.10 Å². The van der Waals surface area contributed by atoms with Crippen molar-refractivity contribution in [3.05, 3.63) is 24.3 Å². The molecule has 82 valence electrons. The molecule has 0 fully saturated rings. The van der Waals surface area contributed by atoms with Gasteiger partial charge in [0.15, 0.2) is 0 Å². The largest absolute Gasteiger partial charge is 0.496 e. The number of carbonyl (C=O) groups excluding carboxylic acids is 1. The first-order valence-corrected chi connectivity index (χ1v) is 5.63. The summed E-state index contributed by atoms with van der Waals surface area (Å²) in [5, 5.41) is 0. The van der Waals surface area contributed by atoms with Gasteiger partial charge in [0.2, 0.25) is 5.91 Å². The van der Waals surface area contributed by atoms with Gasteiger partial charge in [-0.1, -0.05) is 12.1 Å². The first kappa shape index (κ1) is 12.2. The van der Waals surface area contributed by atoms with Gasteiger partial charge in [-0.05, 0) is 24.1 Å². The molecule has 0 N–H and O–H groups in total. The van der Waals surface area contributed by atoms with Crippen LogP contribution in [0.15, 0.2) is 29.2 Å². The zero-order chi connectivity index (χ0) is 11.3. The molecule has 0 atom stereocenters. The fourth-order valence-electron chi connectivity index (χ4n) is 0.977. The normalized spacial score (nSPS) is 9.80. The van der Waals surface area contributed by atoms with Crippen LogP contribution in [-0.2, 0) is 4.79 Å². The molecule has 0 aliphatic carbocycles. The Morgan fingerprint density at radius 1 is 1.53 bits per heavy atom. The van der Waals surface area contributed by atoms with Crippen molar-refractivity contribution in [2.24, 2.45) is 0 Å². The molecule has 0 bridgehead atoms. The Bertz CT molecular complexity index is 346. The molecule has 0 radical (unpaired) electrons. The van der Waals surface area contributed by atoms with Crippen molar-refractivity contribution in [2.45, 2.75) is 4.90 Å². The summed E-state index contributed by atoms with van der Waals surface area (Å²) in [6, 6.07) is 7.51. The lowest BCUT2D eigenvalue weighted by atomic mass is 10.3.